The van der Waals surface area contributed by atoms with Crippen LogP contribution in [0.1, 0.15) is 31.8 Å². The van der Waals surface area contributed by atoms with Crippen molar-refractivity contribution in [2.75, 3.05) is 13.2 Å². The summed E-state index contributed by atoms with van der Waals surface area (Å²) < 4.78 is 5.81. The number of hydrogen-bond acceptors (Lipinski definition) is 3. The Balaban J connectivity index is 1.32. The molecule has 2 amide bonds. The van der Waals surface area contributed by atoms with Crippen molar-refractivity contribution in [1.82, 2.24) is 4.90 Å². The number of fused-ring (bicyclic) bond motifs is 1. The molecule has 140 valence electrons. The van der Waals surface area contributed by atoms with Crippen LogP contribution in [0.15, 0.2) is 78.9 Å². The SMILES string of the molecule is O=C1c2ccccc2C(=O)N1CCOc1cccc(CCc2ccccc2)c1. The van der Waals surface area contributed by atoms with E-state index in [4.69, 9.17) is 4.74 Å². The molecule has 0 aliphatic carbocycles. The summed E-state index contributed by atoms with van der Waals surface area (Å²) >= 11 is 0. The molecule has 0 saturated carbocycles. The molecule has 0 N–H and O–H groups in total. The smallest absolute Gasteiger partial charge is 0.261 e. The number of imide groups is 1. The minimum Gasteiger partial charge on any atom is -0.492 e. The third-order valence-corrected chi connectivity index (χ3v) is 4.91. The number of benzene rings is 3. The van der Waals surface area contributed by atoms with E-state index in [0.717, 1.165) is 18.6 Å². The highest BCUT2D eigenvalue weighted by Crippen LogP contribution is 2.22. The van der Waals surface area contributed by atoms with Crippen molar-refractivity contribution in [2.45, 2.75) is 12.8 Å². The van der Waals surface area contributed by atoms with Gasteiger partial charge >= 0.3 is 0 Å². The van der Waals surface area contributed by atoms with Gasteiger partial charge in [0.15, 0.2) is 0 Å². The van der Waals surface area contributed by atoms with Gasteiger partial charge in [0.1, 0.15) is 12.4 Å². The third-order valence-electron chi connectivity index (χ3n) is 4.91. The van der Waals surface area contributed by atoms with E-state index in [1.807, 2.05) is 36.4 Å². The Morgan fingerprint density at radius 3 is 2.00 bits per heavy atom. The Bertz CT molecular complexity index is 962. The van der Waals surface area contributed by atoms with Crippen molar-refractivity contribution in [2.24, 2.45) is 0 Å². The topological polar surface area (TPSA) is 46.6 Å². The van der Waals surface area contributed by atoms with E-state index in [-0.39, 0.29) is 25.0 Å². The Hall–Kier alpha value is -3.40. The normalized spacial score (nSPS) is 12.9. The second-order valence-electron chi connectivity index (χ2n) is 6.79. The van der Waals surface area contributed by atoms with Crippen molar-refractivity contribution in [3.8, 4) is 5.75 Å². The molecule has 0 atom stereocenters. The van der Waals surface area contributed by atoms with Gasteiger partial charge in [-0.05, 0) is 48.2 Å². The molecule has 0 fully saturated rings. The van der Waals surface area contributed by atoms with E-state index in [0.29, 0.717) is 11.1 Å². The van der Waals surface area contributed by atoms with Crippen LogP contribution in [0.3, 0.4) is 0 Å². The monoisotopic (exact) mass is 371 g/mol. The number of carbonyl (C=O) groups excluding carboxylic acids is 2. The fourth-order valence-corrected chi connectivity index (χ4v) is 3.42. The van der Waals surface area contributed by atoms with Gasteiger partial charge in [0.25, 0.3) is 11.8 Å². The highest BCUT2D eigenvalue weighted by atomic mass is 16.5. The quantitative estimate of drug-likeness (QED) is 0.586. The lowest BCUT2D eigenvalue weighted by molar-refractivity contribution is 0.0631. The first-order valence-electron chi connectivity index (χ1n) is 9.43. The Morgan fingerprint density at radius 1 is 0.679 bits per heavy atom. The predicted octanol–water partition coefficient (Wildman–Crippen LogP) is 4.15. The lowest BCUT2D eigenvalue weighted by Crippen LogP contribution is -2.33. The van der Waals surface area contributed by atoms with Crippen molar-refractivity contribution in [1.29, 1.82) is 0 Å². The Kier molecular flexibility index (Phi) is 5.20. The minimum atomic E-state index is -0.249. The predicted molar refractivity (Wildman–Crippen MR) is 108 cm³/mol. The van der Waals surface area contributed by atoms with Crippen molar-refractivity contribution in [3.63, 3.8) is 0 Å². The molecular formula is C24H21NO3. The first-order valence-corrected chi connectivity index (χ1v) is 9.43. The molecule has 1 aliphatic rings. The van der Waals surface area contributed by atoms with E-state index in [2.05, 4.69) is 18.2 Å². The third kappa shape index (κ3) is 3.81. The molecule has 0 spiro atoms. The zero-order chi connectivity index (χ0) is 19.3. The lowest BCUT2D eigenvalue weighted by Gasteiger charge is -2.14. The average Bonchev–Trinajstić information content (AvgIpc) is 2.98. The summed E-state index contributed by atoms with van der Waals surface area (Å²) in [6.07, 6.45) is 1.90. The van der Waals surface area contributed by atoms with Gasteiger partial charge in [0, 0.05) is 0 Å². The van der Waals surface area contributed by atoms with E-state index in [9.17, 15) is 9.59 Å². The fourth-order valence-electron chi connectivity index (χ4n) is 3.42. The fraction of sp³-hybridized carbons (Fsp3) is 0.167. The van der Waals surface area contributed by atoms with Crippen LogP contribution in [0, 0.1) is 0 Å². The first kappa shape index (κ1) is 18.0. The van der Waals surface area contributed by atoms with Gasteiger partial charge in [0.05, 0.1) is 17.7 Å². The summed E-state index contributed by atoms with van der Waals surface area (Å²) in [4.78, 5) is 26.0. The molecule has 4 rings (SSSR count). The molecule has 3 aromatic rings. The molecule has 0 radical (unpaired) electrons. The highest BCUT2D eigenvalue weighted by Gasteiger charge is 2.34. The molecule has 4 nitrogen and oxygen atoms in total. The van der Waals surface area contributed by atoms with Crippen LogP contribution in [-0.2, 0) is 12.8 Å². The average molecular weight is 371 g/mol. The van der Waals surface area contributed by atoms with Gasteiger partial charge in [-0.1, -0.05) is 54.6 Å². The van der Waals surface area contributed by atoms with Crippen LogP contribution >= 0.6 is 0 Å². The molecule has 0 aromatic heterocycles. The number of carbonyl (C=O) groups is 2. The van der Waals surface area contributed by atoms with Gasteiger partial charge in [-0.3, -0.25) is 14.5 Å². The van der Waals surface area contributed by atoms with Crippen LogP contribution < -0.4 is 4.74 Å². The number of hydrogen-bond donors (Lipinski definition) is 0. The maximum Gasteiger partial charge on any atom is 0.261 e. The molecule has 1 aliphatic heterocycles. The van der Waals surface area contributed by atoms with E-state index < -0.39 is 0 Å². The van der Waals surface area contributed by atoms with Crippen molar-refractivity contribution < 1.29 is 14.3 Å². The minimum absolute atomic E-state index is 0.237. The molecule has 0 saturated heterocycles. The number of rotatable bonds is 7. The standard InChI is InChI=1S/C24H21NO3/c26-23-21-11-4-5-12-22(21)24(27)25(23)15-16-28-20-10-6-9-19(17-20)14-13-18-7-2-1-3-8-18/h1-12,17H,13-16H2. The van der Waals surface area contributed by atoms with Gasteiger partial charge < -0.3 is 4.74 Å². The van der Waals surface area contributed by atoms with E-state index in [1.165, 1.54) is 16.0 Å². The summed E-state index contributed by atoms with van der Waals surface area (Å²) in [5.41, 5.74) is 3.44. The van der Waals surface area contributed by atoms with Crippen LogP contribution in [0.4, 0.5) is 0 Å². The number of amides is 2. The number of nitrogens with zero attached hydrogens (tertiary/aromatic N) is 1. The summed E-state index contributed by atoms with van der Waals surface area (Å²) in [7, 11) is 0. The molecular weight excluding hydrogens is 350 g/mol. The van der Waals surface area contributed by atoms with Crippen LogP contribution in [-0.4, -0.2) is 29.9 Å². The summed E-state index contributed by atoms with van der Waals surface area (Å²) in [6, 6.07) is 25.3. The largest absolute Gasteiger partial charge is 0.492 e. The van der Waals surface area contributed by atoms with Crippen molar-refractivity contribution in [3.05, 3.63) is 101 Å². The van der Waals surface area contributed by atoms with E-state index in [1.54, 1.807) is 24.3 Å². The molecule has 0 bridgehead atoms. The molecule has 3 aromatic carbocycles. The first-order chi connectivity index (χ1) is 13.7. The zero-order valence-electron chi connectivity index (χ0n) is 15.5. The molecule has 1 heterocycles. The van der Waals surface area contributed by atoms with Gasteiger partial charge in [0.2, 0.25) is 0 Å². The Morgan fingerprint density at radius 2 is 1.29 bits per heavy atom. The molecule has 4 heteroatoms. The highest BCUT2D eigenvalue weighted by molar-refractivity contribution is 6.21. The van der Waals surface area contributed by atoms with Crippen LogP contribution in [0.25, 0.3) is 0 Å². The second-order valence-corrected chi connectivity index (χ2v) is 6.79. The van der Waals surface area contributed by atoms with Crippen molar-refractivity contribution >= 4 is 11.8 Å². The molecule has 28 heavy (non-hydrogen) atoms. The van der Waals surface area contributed by atoms with Crippen LogP contribution in [0.5, 0.6) is 5.75 Å². The van der Waals surface area contributed by atoms with Crippen LogP contribution in [0.2, 0.25) is 0 Å². The summed E-state index contributed by atoms with van der Waals surface area (Å²) in [5.74, 6) is 0.254. The van der Waals surface area contributed by atoms with Gasteiger partial charge in [-0.25, -0.2) is 0 Å². The second kappa shape index (κ2) is 8.09. The molecule has 0 unspecified atom stereocenters. The zero-order valence-corrected chi connectivity index (χ0v) is 15.5. The number of aryl methyl sites for hydroxylation is 2. The summed E-state index contributed by atoms with van der Waals surface area (Å²) in [5, 5.41) is 0. The number of ether oxygens (including phenoxy) is 1. The maximum atomic E-state index is 12.4. The van der Waals surface area contributed by atoms with E-state index >= 15 is 0 Å². The van der Waals surface area contributed by atoms with Gasteiger partial charge in [-0.2, -0.15) is 0 Å². The van der Waals surface area contributed by atoms with Gasteiger partial charge in [-0.15, -0.1) is 0 Å². The lowest BCUT2D eigenvalue weighted by atomic mass is 10.0. The maximum absolute atomic E-state index is 12.4. The Labute approximate surface area is 164 Å². The summed E-state index contributed by atoms with van der Waals surface area (Å²) in [6.45, 7) is 0.508.